The van der Waals surface area contributed by atoms with Crippen molar-refractivity contribution in [2.24, 2.45) is 35.0 Å². The monoisotopic (exact) mass is 618 g/mol. The molecule has 0 aromatic rings. The molecule has 0 aromatic carbocycles. The van der Waals surface area contributed by atoms with E-state index in [2.05, 4.69) is 56.1 Å². The van der Waals surface area contributed by atoms with Crippen LogP contribution in [0.3, 0.4) is 0 Å². The number of piperidine rings is 1. The summed E-state index contributed by atoms with van der Waals surface area (Å²) in [6, 6.07) is 0.527. The van der Waals surface area contributed by atoms with Crippen LogP contribution in [0.15, 0.2) is 34.4 Å². The van der Waals surface area contributed by atoms with E-state index in [0.717, 1.165) is 48.9 Å². The largest absolute Gasteiger partial charge is 0.412 e. The number of allylic oxidation sites excluding steroid dienone is 4. The van der Waals surface area contributed by atoms with E-state index in [1.54, 1.807) is 5.57 Å². The molecule has 1 saturated heterocycles. The fraction of sp³-hybridized carbons (Fsp3) is 0.824. The molecule has 42 heavy (non-hydrogen) atoms. The van der Waals surface area contributed by atoms with Crippen molar-refractivity contribution in [1.82, 2.24) is 10.2 Å². The van der Waals surface area contributed by atoms with Gasteiger partial charge in [-0.1, -0.05) is 83.4 Å². The molecule has 0 aromatic heterocycles. The quantitative estimate of drug-likeness (QED) is 0.353. The summed E-state index contributed by atoms with van der Waals surface area (Å²) >= 11 is 6.29. The summed E-state index contributed by atoms with van der Waals surface area (Å²) in [5.74, 6) is 3.70. The zero-order chi connectivity index (χ0) is 26.4. The predicted molar refractivity (Wildman–Crippen MR) is 180 cm³/mol. The van der Waals surface area contributed by atoms with E-state index in [9.17, 15) is 0 Å². The van der Waals surface area contributed by atoms with Gasteiger partial charge in [0.2, 0.25) is 0 Å². The topological polar surface area (TPSA) is 150 Å². The van der Waals surface area contributed by atoms with E-state index in [-0.39, 0.29) is 29.3 Å². The first-order valence-electron chi connectivity index (χ1n) is 15.5. The minimum atomic E-state index is 0. The molecule has 0 spiro atoms. The van der Waals surface area contributed by atoms with Gasteiger partial charge in [-0.2, -0.15) is 0 Å². The van der Waals surface area contributed by atoms with Crippen LogP contribution in [0.25, 0.3) is 0 Å². The number of hydrogen-bond acceptors (Lipinski definition) is 3. The number of hydrogen-bond donors (Lipinski definition) is 1. The average molecular weight is 619 g/mol. The van der Waals surface area contributed by atoms with Gasteiger partial charge in [0.05, 0.1) is 0 Å². The lowest BCUT2D eigenvalue weighted by Crippen LogP contribution is -2.53. The Morgan fingerprint density at radius 2 is 1.74 bits per heavy atom. The third-order valence-corrected chi connectivity index (χ3v) is 10.5. The second kappa shape index (κ2) is 20.3. The number of nitrogens with one attached hydrogen (secondary N) is 1. The van der Waals surface area contributed by atoms with Crippen molar-refractivity contribution < 1.29 is 26.6 Å². The molecule has 250 valence electrons. The molecule has 2 fully saturated rings. The average Bonchev–Trinajstić information content (AvgIpc) is 2.87. The van der Waals surface area contributed by atoms with Gasteiger partial charge in [0, 0.05) is 44.4 Å². The van der Waals surface area contributed by atoms with Gasteiger partial charge in [-0.25, -0.2) is 0 Å². The maximum Gasteiger partial charge on any atom is 0.0496 e. The highest BCUT2D eigenvalue weighted by Gasteiger charge is 2.40. The summed E-state index contributed by atoms with van der Waals surface area (Å²) < 4.78 is 5.60. The molecule has 9 N–H and O–H groups in total. The van der Waals surface area contributed by atoms with Crippen molar-refractivity contribution in [2.45, 2.75) is 105 Å². The second-order valence-corrected chi connectivity index (χ2v) is 14.2. The zero-order valence-electron chi connectivity index (χ0n) is 26.5. The summed E-state index contributed by atoms with van der Waals surface area (Å²) in [6.45, 7) is 15.4. The van der Waals surface area contributed by atoms with Crippen molar-refractivity contribution in [3.63, 3.8) is 0 Å². The van der Waals surface area contributed by atoms with E-state index in [0.29, 0.717) is 23.3 Å². The molecule has 0 radical (unpaired) electrons. The number of ether oxygens (including phenoxy) is 1. The predicted octanol–water partition coefficient (Wildman–Crippen LogP) is 5.31. The van der Waals surface area contributed by atoms with Gasteiger partial charge in [-0.3, -0.25) is 0 Å². The van der Waals surface area contributed by atoms with Crippen LogP contribution in [0.1, 0.15) is 99.3 Å². The SMILES string of the molecule is C.COCC1CCCCC1C1=CC(CN[C@@H](CN2CCC(C3CC=C(Cl)CC3)C(C)(C)C2)C(C)C)=CCC1.O.O.O.O. The number of rotatable bonds is 10. The van der Waals surface area contributed by atoms with Gasteiger partial charge in [-0.15, -0.1) is 0 Å². The first-order chi connectivity index (χ1) is 17.8. The van der Waals surface area contributed by atoms with E-state index in [1.807, 2.05) is 7.11 Å². The Morgan fingerprint density at radius 1 is 1.02 bits per heavy atom. The Labute approximate surface area is 262 Å². The summed E-state index contributed by atoms with van der Waals surface area (Å²) in [5, 5.41) is 5.09. The Kier molecular flexibility index (Phi) is 21.0. The summed E-state index contributed by atoms with van der Waals surface area (Å²) in [4.78, 5) is 2.76. The second-order valence-electron chi connectivity index (χ2n) is 13.7. The molecule has 0 bridgehead atoms. The summed E-state index contributed by atoms with van der Waals surface area (Å²) in [5.41, 5.74) is 3.58. The molecule has 5 atom stereocenters. The Balaban J connectivity index is 0. The van der Waals surface area contributed by atoms with Gasteiger partial charge >= 0.3 is 0 Å². The molecule has 8 heteroatoms. The van der Waals surface area contributed by atoms with Crippen LogP contribution in [0.4, 0.5) is 0 Å². The van der Waals surface area contributed by atoms with Crippen molar-refractivity contribution in [3.8, 4) is 0 Å². The van der Waals surface area contributed by atoms with Crippen molar-refractivity contribution >= 4 is 11.6 Å². The normalized spacial score (nSPS) is 28.2. The number of likely N-dealkylation sites (tertiary alicyclic amines) is 1. The fourth-order valence-corrected chi connectivity index (χ4v) is 8.26. The molecule has 4 rings (SSSR count). The van der Waals surface area contributed by atoms with Crippen LogP contribution in [-0.4, -0.2) is 72.7 Å². The Morgan fingerprint density at radius 3 is 2.36 bits per heavy atom. The number of nitrogens with zero attached hydrogens (tertiary/aromatic N) is 1. The first-order valence-corrected chi connectivity index (χ1v) is 15.8. The maximum absolute atomic E-state index is 6.29. The molecular formula is C34H67ClN2O5. The van der Waals surface area contributed by atoms with Gasteiger partial charge in [0.1, 0.15) is 0 Å². The molecule has 4 unspecified atom stereocenters. The molecule has 1 saturated carbocycles. The lowest BCUT2D eigenvalue weighted by atomic mass is 9.65. The maximum atomic E-state index is 6.29. The molecule has 3 aliphatic carbocycles. The zero-order valence-corrected chi connectivity index (χ0v) is 27.3. The lowest BCUT2D eigenvalue weighted by Gasteiger charge is -2.49. The lowest BCUT2D eigenvalue weighted by molar-refractivity contribution is 0.0120. The minimum Gasteiger partial charge on any atom is -0.412 e. The third kappa shape index (κ3) is 11.6. The number of methoxy groups -OCH3 is 1. The molecule has 7 nitrogen and oxygen atoms in total. The van der Waals surface area contributed by atoms with E-state index in [4.69, 9.17) is 16.3 Å². The van der Waals surface area contributed by atoms with Gasteiger partial charge < -0.3 is 36.9 Å². The van der Waals surface area contributed by atoms with Crippen LogP contribution >= 0.6 is 11.6 Å². The standard InChI is InChI=1S/C33H55ClN2O.CH4.4H2O/c1-24(2)32(21-36-18-17-31(33(3,4)23-36)26-13-15-29(34)16-14-26)35-20-25-9-8-11-27(19-25)30-12-7-6-10-28(30)22-37-5;;;;;/h9,15,19,24,26,28,30-32,35H,6-8,10-14,16-18,20-23H2,1-5H3;1H4;4*1H2/t26?,28?,30?,31?,32-;;;;;/m0...../s1. The van der Waals surface area contributed by atoms with Crippen molar-refractivity contribution in [2.75, 3.05) is 39.9 Å². The molecule has 0 amide bonds. The molecule has 1 aliphatic heterocycles. The van der Waals surface area contributed by atoms with Crippen LogP contribution < -0.4 is 5.32 Å². The fourth-order valence-electron chi connectivity index (χ4n) is 8.06. The van der Waals surface area contributed by atoms with E-state index in [1.165, 1.54) is 76.5 Å². The molecular weight excluding hydrogens is 552 g/mol. The van der Waals surface area contributed by atoms with Crippen molar-refractivity contribution in [3.05, 3.63) is 34.4 Å². The van der Waals surface area contributed by atoms with E-state index >= 15 is 0 Å². The first kappa shape index (κ1) is 43.4. The number of halogens is 1. The highest BCUT2D eigenvalue weighted by molar-refractivity contribution is 6.29. The van der Waals surface area contributed by atoms with Crippen LogP contribution in [0.5, 0.6) is 0 Å². The smallest absolute Gasteiger partial charge is 0.0496 e. The minimum absolute atomic E-state index is 0. The third-order valence-electron chi connectivity index (χ3n) is 10.2. The van der Waals surface area contributed by atoms with Gasteiger partial charge in [0.15, 0.2) is 0 Å². The Bertz CT molecular complexity index is 842. The summed E-state index contributed by atoms with van der Waals surface area (Å²) in [7, 11) is 1.87. The van der Waals surface area contributed by atoms with Gasteiger partial charge in [-0.05, 0) is 98.5 Å². The highest BCUT2D eigenvalue weighted by atomic mass is 35.5. The van der Waals surface area contributed by atoms with Crippen LogP contribution in [0.2, 0.25) is 0 Å². The van der Waals surface area contributed by atoms with Crippen molar-refractivity contribution in [1.29, 1.82) is 0 Å². The van der Waals surface area contributed by atoms with Crippen LogP contribution in [0, 0.1) is 35.0 Å². The molecule has 1 heterocycles. The highest BCUT2D eigenvalue weighted by Crippen LogP contribution is 2.45. The van der Waals surface area contributed by atoms with E-state index < -0.39 is 0 Å². The van der Waals surface area contributed by atoms with Crippen LogP contribution in [-0.2, 0) is 4.74 Å². The molecule has 4 aliphatic rings. The summed E-state index contributed by atoms with van der Waals surface area (Å²) in [6.07, 6.45) is 20.1. The van der Waals surface area contributed by atoms with Gasteiger partial charge in [0.25, 0.3) is 0 Å². The Hall–Kier alpha value is -0.770.